The molecule has 2 aromatic rings. The first-order valence-corrected chi connectivity index (χ1v) is 7.35. The molecular weight excluding hydrogens is 296 g/mol. The van der Waals surface area contributed by atoms with Crippen molar-refractivity contribution in [1.29, 1.82) is 0 Å². The van der Waals surface area contributed by atoms with Gasteiger partial charge >= 0.3 is 0 Å². The van der Waals surface area contributed by atoms with Gasteiger partial charge in [0.1, 0.15) is 5.82 Å². The number of nitrogens with zero attached hydrogens (tertiary/aromatic N) is 2. The lowest BCUT2D eigenvalue weighted by molar-refractivity contribution is 0.102. The summed E-state index contributed by atoms with van der Waals surface area (Å²) in [5, 5.41) is 6.54. The van der Waals surface area contributed by atoms with Gasteiger partial charge in [0.15, 0.2) is 5.13 Å². The van der Waals surface area contributed by atoms with Gasteiger partial charge < -0.3 is 5.32 Å². The fraction of sp³-hybridized carbons (Fsp3) is 0.308. The second kappa shape index (κ2) is 6.19. The SMILES string of the molecule is CCc1nc(NC(=O)c2cc(NC)ncc2Cl)sc1C. The predicted molar refractivity (Wildman–Crippen MR) is 83.0 cm³/mol. The zero-order valence-electron chi connectivity index (χ0n) is 11.5. The van der Waals surface area contributed by atoms with Gasteiger partial charge in [-0.25, -0.2) is 9.97 Å². The minimum atomic E-state index is -0.287. The summed E-state index contributed by atoms with van der Waals surface area (Å²) in [5.41, 5.74) is 1.37. The van der Waals surface area contributed by atoms with Crippen LogP contribution >= 0.6 is 22.9 Å². The Balaban J connectivity index is 2.23. The molecule has 0 saturated carbocycles. The van der Waals surface area contributed by atoms with Crippen LogP contribution in [0.15, 0.2) is 12.3 Å². The zero-order chi connectivity index (χ0) is 14.7. The molecule has 2 N–H and O–H groups in total. The molecule has 0 unspecified atom stereocenters. The number of anilines is 2. The van der Waals surface area contributed by atoms with Crippen LogP contribution in [0.3, 0.4) is 0 Å². The van der Waals surface area contributed by atoms with Crippen molar-refractivity contribution in [1.82, 2.24) is 9.97 Å². The summed E-state index contributed by atoms with van der Waals surface area (Å²) < 4.78 is 0. The zero-order valence-corrected chi connectivity index (χ0v) is 13.0. The summed E-state index contributed by atoms with van der Waals surface area (Å²) in [5.74, 6) is 0.300. The van der Waals surface area contributed by atoms with E-state index in [0.717, 1.165) is 17.0 Å². The molecule has 0 aliphatic carbocycles. The van der Waals surface area contributed by atoms with Crippen molar-refractivity contribution < 1.29 is 4.79 Å². The van der Waals surface area contributed by atoms with Gasteiger partial charge in [0.05, 0.1) is 16.3 Å². The standard InChI is InChI=1S/C13H15ClN4OS/c1-4-10-7(2)20-13(17-10)18-12(19)8-5-11(15-3)16-6-9(8)14/h5-6H,4H2,1-3H3,(H,15,16)(H,17,18,19). The molecule has 0 spiro atoms. The van der Waals surface area contributed by atoms with Crippen LogP contribution in [-0.4, -0.2) is 22.9 Å². The topological polar surface area (TPSA) is 66.9 Å². The lowest BCUT2D eigenvalue weighted by Crippen LogP contribution is -2.13. The van der Waals surface area contributed by atoms with Crippen LogP contribution in [0.5, 0.6) is 0 Å². The van der Waals surface area contributed by atoms with Crippen molar-refractivity contribution >= 4 is 39.8 Å². The molecule has 5 nitrogen and oxygen atoms in total. The van der Waals surface area contributed by atoms with Crippen LogP contribution in [-0.2, 0) is 6.42 Å². The normalized spacial score (nSPS) is 10.4. The van der Waals surface area contributed by atoms with Gasteiger partial charge in [-0.3, -0.25) is 10.1 Å². The number of thiazole rings is 1. The van der Waals surface area contributed by atoms with E-state index in [4.69, 9.17) is 11.6 Å². The molecule has 2 rings (SSSR count). The third kappa shape index (κ3) is 3.08. The van der Waals surface area contributed by atoms with Crippen molar-refractivity contribution in [2.75, 3.05) is 17.7 Å². The largest absolute Gasteiger partial charge is 0.373 e. The fourth-order valence-electron chi connectivity index (χ4n) is 1.72. The Labute approximate surface area is 126 Å². The lowest BCUT2D eigenvalue weighted by atomic mass is 10.2. The molecule has 0 bridgehead atoms. The second-order valence-electron chi connectivity index (χ2n) is 4.13. The number of nitrogens with one attached hydrogen (secondary N) is 2. The van der Waals surface area contributed by atoms with E-state index < -0.39 is 0 Å². The van der Waals surface area contributed by atoms with Gasteiger partial charge in [-0.2, -0.15) is 0 Å². The average Bonchev–Trinajstić information content (AvgIpc) is 2.79. The number of rotatable bonds is 4. The van der Waals surface area contributed by atoms with Crippen LogP contribution in [0.25, 0.3) is 0 Å². The Hall–Kier alpha value is -1.66. The van der Waals surface area contributed by atoms with Gasteiger partial charge in [-0.05, 0) is 19.4 Å². The minimum absolute atomic E-state index is 0.287. The molecule has 0 fully saturated rings. The summed E-state index contributed by atoms with van der Waals surface area (Å²) in [4.78, 5) is 21.8. The Kier molecular flexibility index (Phi) is 4.57. The molecule has 0 aromatic carbocycles. The molecule has 0 saturated heterocycles. The van der Waals surface area contributed by atoms with Gasteiger partial charge in [0.2, 0.25) is 0 Å². The highest BCUT2D eigenvalue weighted by atomic mass is 35.5. The first-order valence-electron chi connectivity index (χ1n) is 6.16. The number of halogens is 1. The molecule has 0 radical (unpaired) electrons. The molecule has 106 valence electrons. The smallest absolute Gasteiger partial charge is 0.259 e. The van der Waals surface area contributed by atoms with Crippen LogP contribution < -0.4 is 10.6 Å². The van der Waals surface area contributed by atoms with E-state index in [0.29, 0.717) is 21.5 Å². The maximum absolute atomic E-state index is 12.2. The van der Waals surface area contributed by atoms with Crippen LogP contribution in [0, 0.1) is 6.92 Å². The number of hydrogen-bond donors (Lipinski definition) is 2. The van der Waals surface area contributed by atoms with E-state index in [1.807, 2.05) is 13.8 Å². The highest BCUT2D eigenvalue weighted by Crippen LogP contribution is 2.24. The van der Waals surface area contributed by atoms with Crippen molar-refractivity contribution in [3.05, 3.63) is 33.4 Å². The number of carbonyl (C=O) groups is 1. The van der Waals surface area contributed by atoms with Crippen molar-refractivity contribution in [3.8, 4) is 0 Å². The quantitative estimate of drug-likeness (QED) is 0.908. The maximum atomic E-state index is 12.2. The predicted octanol–water partition coefficient (Wildman–Crippen LogP) is 3.36. The number of carbonyl (C=O) groups excluding carboxylic acids is 1. The highest BCUT2D eigenvalue weighted by molar-refractivity contribution is 7.15. The summed E-state index contributed by atoms with van der Waals surface area (Å²) in [6.07, 6.45) is 2.30. The molecule has 0 aliphatic heterocycles. The number of aryl methyl sites for hydroxylation is 2. The van der Waals surface area contributed by atoms with Gasteiger partial charge in [-0.1, -0.05) is 18.5 Å². The Bertz CT molecular complexity index is 641. The molecule has 1 amide bonds. The molecule has 2 aromatic heterocycles. The molecule has 20 heavy (non-hydrogen) atoms. The number of pyridine rings is 1. The van der Waals surface area contributed by atoms with Crippen LogP contribution in [0.4, 0.5) is 10.9 Å². The Morgan fingerprint density at radius 2 is 2.25 bits per heavy atom. The summed E-state index contributed by atoms with van der Waals surface area (Å²) in [6.45, 7) is 4.03. The Morgan fingerprint density at radius 1 is 1.50 bits per heavy atom. The average molecular weight is 311 g/mol. The molecule has 2 heterocycles. The summed E-state index contributed by atoms with van der Waals surface area (Å²) in [6, 6.07) is 1.61. The maximum Gasteiger partial charge on any atom is 0.259 e. The van der Waals surface area contributed by atoms with E-state index in [9.17, 15) is 4.79 Å². The van der Waals surface area contributed by atoms with Crippen LogP contribution in [0.2, 0.25) is 5.02 Å². The fourth-order valence-corrected chi connectivity index (χ4v) is 2.81. The molecular formula is C13H15ClN4OS. The summed E-state index contributed by atoms with van der Waals surface area (Å²) >= 11 is 7.47. The van der Waals surface area contributed by atoms with Crippen molar-refractivity contribution in [2.45, 2.75) is 20.3 Å². The number of amides is 1. The van der Waals surface area contributed by atoms with Crippen molar-refractivity contribution in [2.24, 2.45) is 0 Å². The van der Waals surface area contributed by atoms with Gasteiger partial charge in [0.25, 0.3) is 5.91 Å². The number of hydrogen-bond acceptors (Lipinski definition) is 5. The Morgan fingerprint density at radius 3 is 2.85 bits per heavy atom. The van der Waals surface area contributed by atoms with Crippen molar-refractivity contribution in [3.63, 3.8) is 0 Å². The molecule has 7 heteroatoms. The summed E-state index contributed by atoms with van der Waals surface area (Å²) in [7, 11) is 1.73. The van der Waals surface area contributed by atoms with E-state index in [1.165, 1.54) is 17.5 Å². The first-order chi connectivity index (χ1) is 9.55. The van der Waals surface area contributed by atoms with Gasteiger partial charge in [-0.15, -0.1) is 11.3 Å². The third-order valence-electron chi connectivity index (χ3n) is 2.80. The van der Waals surface area contributed by atoms with Crippen LogP contribution in [0.1, 0.15) is 27.9 Å². The van der Waals surface area contributed by atoms with E-state index in [2.05, 4.69) is 20.6 Å². The highest BCUT2D eigenvalue weighted by Gasteiger charge is 2.14. The monoisotopic (exact) mass is 310 g/mol. The number of aromatic nitrogens is 2. The lowest BCUT2D eigenvalue weighted by Gasteiger charge is -2.06. The second-order valence-corrected chi connectivity index (χ2v) is 5.74. The van der Waals surface area contributed by atoms with Gasteiger partial charge in [0, 0.05) is 18.1 Å². The van der Waals surface area contributed by atoms with E-state index in [-0.39, 0.29) is 5.91 Å². The first kappa shape index (κ1) is 14.7. The van der Waals surface area contributed by atoms with E-state index in [1.54, 1.807) is 13.1 Å². The van der Waals surface area contributed by atoms with E-state index >= 15 is 0 Å². The molecule has 0 atom stereocenters. The molecule has 0 aliphatic rings. The third-order valence-corrected chi connectivity index (χ3v) is 4.03. The minimum Gasteiger partial charge on any atom is -0.373 e.